The van der Waals surface area contributed by atoms with Crippen LogP contribution < -0.4 is 10.9 Å². The van der Waals surface area contributed by atoms with Crippen LogP contribution in [0.15, 0.2) is 59.7 Å². The van der Waals surface area contributed by atoms with E-state index in [4.69, 9.17) is 11.6 Å². The van der Waals surface area contributed by atoms with Crippen LogP contribution in [0.5, 0.6) is 0 Å². The molecule has 32 heavy (non-hydrogen) atoms. The van der Waals surface area contributed by atoms with E-state index < -0.39 is 0 Å². The summed E-state index contributed by atoms with van der Waals surface area (Å²) in [6, 6.07) is 15.7. The molecule has 0 unspecified atom stereocenters. The molecule has 0 aliphatic heterocycles. The molecule has 0 spiro atoms. The van der Waals surface area contributed by atoms with E-state index in [9.17, 15) is 4.79 Å². The molecule has 0 aliphatic carbocycles. The first-order chi connectivity index (χ1) is 15.6. The molecule has 0 fully saturated rings. The smallest absolute Gasteiger partial charge is 0.296 e. The molecule has 3 N–H and O–H groups in total. The Labute approximate surface area is 195 Å². The lowest BCUT2D eigenvalue weighted by atomic mass is 10.0. The summed E-state index contributed by atoms with van der Waals surface area (Å²) in [6.07, 6.45) is 2.11. The summed E-state index contributed by atoms with van der Waals surface area (Å²) in [7, 11) is 0. The second-order valence-electron chi connectivity index (χ2n) is 7.27. The van der Waals surface area contributed by atoms with Crippen molar-refractivity contribution in [1.29, 1.82) is 0 Å². The molecular weight excluding hydrogens is 444 g/mol. The first kappa shape index (κ1) is 22.1. The van der Waals surface area contributed by atoms with Crippen LogP contribution in [0, 0.1) is 6.92 Å². The predicted octanol–water partition coefficient (Wildman–Crippen LogP) is 4.45. The van der Waals surface area contributed by atoms with E-state index in [0.29, 0.717) is 29.6 Å². The zero-order valence-electron chi connectivity index (χ0n) is 17.6. The number of nitrogens with one attached hydrogen (secondary N) is 3. The number of aromatic amines is 2. The highest BCUT2D eigenvalue weighted by atomic mass is 35.5. The van der Waals surface area contributed by atoms with Crippen molar-refractivity contribution >= 4 is 29.3 Å². The number of nitrogens with zero attached hydrogens (tertiary/aromatic N) is 3. The van der Waals surface area contributed by atoms with Crippen LogP contribution in [0.4, 0.5) is 5.95 Å². The monoisotopic (exact) mass is 466 g/mol. The van der Waals surface area contributed by atoms with Crippen LogP contribution in [0.3, 0.4) is 0 Å². The van der Waals surface area contributed by atoms with Gasteiger partial charge in [0.1, 0.15) is 5.69 Å². The highest BCUT2D eigenvalue weighted by molar-refractivity contribution is 7.98. The number of thioether (sulfide) groups is 1. The summed E-state index contributed by atoms with van der Waals surface area (Å²) < 4.78 is 0. The van der Waals surface area contributed by atoms with Crippen molar-refractivity contribution in [2.24, 2.45) is 0 Å². The highest BCUT2D eigenvalue weighted by Crippen LogP contribution is 2.23. The van der Waals surface area contributed by atoms with E-state index >= 15 is 0 Å². The van der Waals surface area contributed by atoms with Gasteiger partial charge >= 0.3 is 0 Å². The molecule has 2 aromatic heterocycles. The van der Waals surface area contributed by atoms with E-state index in [1.807, 2.05) is 49.4 Å². The molecule has 0 aliphatic rings. The number of hydrogen-bond acceptors (Lipinski definition) is 6. The third kappa shape index (κ3) is 5.77. The molecular formula is C23H23ClN6OS. The largest absolute Gasteiger partial charge is 0.354 e. The maximum atomic E-state index is 12.5. The van der Waals surface area contributed by atoms with Crippen molar-refractivity contribution < 1.29 is 0 Å². The molecule has 4 aromatic rings. The van der Waals surface area contributed by atoms with Gasteiger partial charge in [-0.1, -0.05) is 48.0 Å². The summed E-state index contributed by atoms with van der Waals surface area (Å²) in [5.41, 5.74) is 5.32. The molecule has 4 rings (SSSR count). The van der Waals surface area contributed by atoms with Gasteiger partial charge in [0.05, 0.1) is 12.0 Å². The molecule has 0 amide bonds. The average Bonchev–Trinajstić information content (AvgIpc) is 3.21. The van der Waals surface area contributed by atoms with Crippen LogP contribution in [0.1, 0.15) is 22.6 Å². The van der Waals surface area contributed by atoms with Crippen molar-refractivity contribution in [2.75, 3.05) is 17.6 Å². The second kappa shape index (κ2) is 10.5. The Morgan fingerprint density at radius 1 is 1.09 bits per heavy atom. The van der Waals surface area contributed by atoms with Gasteiger partial charge in [0.2, 0.25) is 5.95 Å². The number of H-pyrrole nitrogens is 2. The maximum Gasteiger partial charge on any atom is 0.296 e. The van der Waals surface area contributed by atoms with Crippen molar-refractivity contribution in [3.8, 4) is 11.1 Å². The third-order valence-electron chi connectivity index (χ3n) is 4.95. The summed E-state index contributed by atoms with van der Waals surface area (Å²) >= 11 is 7.74. The molecule has 0 radical (unpaired) electrons. The van der Waals surface area contributed by atoms with Crippen molar-refractivity contribution in [3.05, 3.63) is 92.9 Å². The molecule has 0 saturated carbocycles. The van der Waals surface area contributed by atoms with Gasteiger partial charge in [-0.25, -0.2) is 10.1 Å². The van der Waals surface area contributed by atoms with Crippen molar-refractivity contribution in [3.63, 3.8) is 0 Å². The first-order valence-corrected chi connectivity index (χ1v) is 11.7. The summed E-state index contributed by atoms with van der Waals surface area (Å²) in [5.74, 6) is 2.08. The van der Waals surface area contributed by atoms with E-state index in [0.717, 1.165) is 39.6 Å². The topological polar surface area (TPSA) is 99.3 Å². The van der Waals surface area contributed by atoms with Gasteiger partial charge in [0, 0.05) is 35.2 Å². The summed E-state index contributed by atoms with van der Waals surface area (Å²) in [5, 5.41) is 10.9. The fraction of sp³-hybridized carbons (Fsp3) is 0.217. The Hall–Kier alpha value is -3.10. The van der Waals surface area contributed by atoms with E-state index in [2.05, 4.69) is 36.5 Å². The Kier molecular flexibility index (Phi) is 7.24. The zero-order chi connectivity index (χ0) is 22.3. The third-order valence-corrected chi connectivity index (χ3v) is 6.17. The predicted molar refractivity (Wildman–Crippen MR) is 130 cm³/mol. The first-order valence-electron chi connectivity index (χ1n) is 10.2. The summed E-state index contributed by atoms with van der Waals surface area (Å²) in [4.78, 5) is 23.9. The van der Waals surface area contributed by atoms with Gasteiger partial charge in [0.15, 0.2) is 0 Å². The fourth-order valence-corrected chi connectivity index (χ4v) is 4.19. The molecule has 2 aromatic carbocycles. The van der Waals surface area contributed by atoms with Gasteiger partial charge in [0.25, 0.3) is 5.56 Å². The van der Waals surface area contributed by atoms with E-state index in [1.54, 1.807) is 18.1 Å². The van der Waals surface area contributed by atoms with Crippen molar-refractivity contribution in [1.82, 2.24) is 25.1 Å². The molecule has 0 saturated heterocycles. The lowest BCUT2D eigenvalue weighted by Gasteiger charge is -2.07. The average molecular weight is 467 g/mol. The highest BCUT2D eigenvalue weighted by Gasteiger charge is 2.08. The number of halogens is 1. The number of anilines is 1. The van der Waals surface area contributed by atoms with Gasteiger partial charge in [-0.3, -0.25) is 4.79 Å². The fourth-order valence-electron chi connectivity index (χ4n) is 3.19. The van der Waals surface area contributed by atoms with Gasteiger partial charge < -0.3 is 10.3 Å². The molecule has 9 heteroatoms. The van der Waals surface area contributed by atoms with Gasteiger partial charge in [-0.2, -0.15) is 21.8 Å². The number of benzene rings is 2. The minimum absolute atomic E-state index is 0.331. The molecule has 0 atom stereocenters. The lowest BCUT2D eigenvalue weighted by Crippen LogP contribution is -2.20. The standard InChI is InChI=1S/C23H23ClN6OS/c1-15-21(27-14-26-15)13-32-10-9-25-23-28-22(31)20(29-30-23)12-16-3-2-4-18(11-16)17-5-7-19(24)8-6-17/h2-8,11,14H,9-10,12-13H2,1H3,(H,26,27)(H2,25,28,30,31). The summed E-state index contributed by atoms with van der Waals surface area (Å²) in [6.45, 7) is 2.68. The van der Waals surface area contributed by atoms with Gasteiger partial charge in [-0.15, -0.1) is 0 Å². The quantitative estimate of drug-likeness (QED) is 0.315. The number of aromatic nitrogens is 5. The van der Waals surface area contributed by atoms with Crippen LogP contribution in [-0.4, -0.2) is 37.4 Å². The molecule has 2 heterocycles. The van der Waals surface area contributed by atoms with Crippen LogP contribution >= 0.6 is 23.4 Å². The van der Waals surface area contributed by atoms with E-state index in [-0.39, 0.29) is 5.56 Å². The number of rotatable bonds is 9. The van der Waals surface area contributed by atoms with E-state index in [1.165, 1.54) is 0 Å². The molecule has 0 bridgehead atoms. The molecule has 164 valence electrons. The Morgan fingerprint density at radius 3 is 2.69 bits per heavy atom. The minimum atomic E-state index is -0.331. The number of hydrogen-bond donors (Lipinski definition) is 3. The van der Waals surface area contributed by atoms with Gasteiger partial charge in [-0.05, 0) is 35.7 Å². The van der Waals surface area contributed by atoms with Crippen LogP contribution in [0.25, 0.3) is 11.1 Å². The Morgan fingerprint density at radius 2 is 1.94 bits per heavy atom. The van der Waals surface area contributed by atoms with Crippen LogP contribution in [-0.2, 0) is 12.2 Å². The SMILES string of the molecule is Cc1[nH]cnc1CSCCNc1nc(=O)c(Cc2cccc(-c3ccc(Cl)cc3)c2)n[nH]1. The molecule has 7 nitrogen and oxygen atoms in total. The maximum absolute atomic E-state index is 12.5. The number of aryl methyl sites for hydroxylation is 1. The zero-order valence-corrected chi connectivity index (χ0v) is 19.1. The second-order valence-corrected chi connectivity index (χ2v) is 8.82. The minimum Gasteiger partial charge on any atom is -0.354 e. The Bertz CT molecular complexity index is 1240. The normalized spacial score (nSPS) is 10.9. The van der Waals surface area contributed by atoms with Crippen molar-refractivity contribution in [2.45, 2.75) is 19.1 Å². The number of imidazole rings is 1. The van der Waals surface area contributed by atoms with Crippen LogP contribution in [0.2, 0.25) is 5.02 Å². The Balaban J connectivity index is 1.32. The lowest BCUT2D eigenvalue weighted by molar-refractivity contribution is 0.864.